The molecule has 0 radical (unpaired) electrons. The number of rotatable bonds is 5. The van der Waals surface area contributed by atoms with E-state index in [0.717, 1.165) is 30.7 Å². The van der Waals surface area contributed by atoms with Crippen LogP contribution in [0.3, 0.4) is 0 Å². The molecule has 0 spiro atoms. The summed E-state index contributed by atoms with van der Waals surface area (Å²) in [5.41, 5.74) is 0. The van der Waals surface area contributed by atoms with Crippen LogP contribution < -0.4 is 5.32 Å². The van der Waals surface area contributed by atoms with Crippen molar-refractivity contribution in [2.75, 3.05) is 12.4 Å². The van der Waals surface area contributed by atoms with Crippen LogP contribution in [0.5, 0.6) is 0 Å². The number of nitrogens with zero attached hydrogens (tertiary/aromatic N) is 3. The minimum Gasteiger partial charge on any atom is -0.310 e. The van der Waals surface area contributed by atoms with Crippen LogP contribution in [0.4, 0.5) is 0 Å². The maximum absolute atomic E-state index is 5.95. The molecule has 1 aromatic rings. The lowest BCUT2D eigenvalue weighted by atomic mass is 9.98. The topological polar surface area (TPSA) is 42.7 Å². The minimum absolute atomic E-state index is 0.702. The van der Waals surface area contributed by atoms with E-state index in [2.05, 4.69) is 15.4 Å². The molecule has 16 heavy (non-hydrogen) atoms. The highest BCUT2D eigenvalue weighted by Gasteiger charge is 2.25. The van der Waals surface area contributed by atoms with Crippen LogP contribution in [0, 0.1) is 11.8 Å². The summed E-state index contributed by atoms with van der Waals surface area (Å²) >= 11 is 5.95. The standard InChI is InChI=1S/C11H19ClN4/c1-16-11(14-8-15-16)7-13-6-10-4-2-3-9(10)5-12/h8-10,13H,2-7H2,1H3. The van der Waals surface area contributed by atoms with Gasteiger partial charge in [0.25, 0.3) is 0 Å². The highest BCUT2D eigenvalue weighted by molar-refractivity contribution is 6.18. The monoisotopic (exact) mass is 242 g/mol. The van der Waals surface area contributed by atoms with Gasteiger partial charge in [0.2, 0.25) is 0 Å². The predicted molar refractivity (Wildman–Crippen MR) is 64.3 cm³/mol. The molecule has 2 unspecified atom stereocenters. The molecule has 2 rings (SSSR count). The molecule has 1 aromatic heterocycles. The number of aryl methyl sites for hydroxylation is 1. The van der Waals surface area contributed by atoms with Crippen LogP contribution in [-0.4, -0.2) is 27.2 Å². The first-order valence-corrected chi connectivity index (χ1v) is 6.44. The zero-order valence-electron chi connectivity index (χ0n) is 9.69. The quantitative estimate of drug-likeness (QED) is 0.797. The third-order valence-corrected chi connectivity index (χ3v) is 3.91. The summed E-state index contributed by atoms with van der Waals surface area (Å²) < 4.78 is 1.81. The summed E-state index contributed by atoms with van der Waals surface area (Å²) in [4.78, 5) is 4.18. The average Bonchev–Trinajstić information content (AvgIpc) is 2.88. The van der Waals surface area contributed by atoms with Gasteiger partial charge >= 0.3 is 0 Å². The maximum atomic E-state index is 5.95. The van der Waals surface area contributed by atoms with Crippen molar-refractivity contribution in [3.63, 3.8) is 0 Å². The Balaban J connectivity index is 1.74. The van der Waals surface area contributed by atoms with Crippen molar-refractivity contribution in [2.45, 2.75) is 25.8 Å². The molecule has 0 aliphatic heterocycles. The number of aromatic nitrogens is 3. The summed E-state index contributed by atoms with van der Waals surface area (Å²) in [6, 6.07) is 0. The maximum Gasteiger partial charge on any atom is 0.140 e. The van der Waals surface area contributed by atoms with Gasteiger partial charge in [-0.15, -0.1) is 11.6 Å². The normalized spacial score (nSPS) is 25.1. The molecular weight excluding hydrogens is 224 g/mol. The average molecular weight is 243 g/mol. The Morgan fingerprint density at radius 3 is 3.00 bits per heavy atom. The molecule has 1 N–H and O–H groups in total. The molecule has 0 bridgehead atoms. The number of alkyl halides is 1. The van der Waals surface area contributed by atoms with Crippen molar-refractivity contribution in [2.24, 2.45) is 18.9 Å². The molecular formula is C11H19ClN4. The third kappa shape index (κ3) is 2.74. The Labute approximate surface area is 101 Å². The van der Waals surface area contributed by atoms with E-state index in [0.29, 0.717) is 5.92 Å². The van der Waals surface area contributed by atoms with E-state index in [4.69, 9.17) is 11.6 Å². The van der Waals surface area contributed by atoms with Gasteiger partial charge in [-0.05, 0) is 31.2 Å². The third-order valence-electron chi connectivity index (χ3n) is 3.51. The molecule has 0 aromatic carbocycles. The van der Waals surface area contributed by atoms with Crippen LogP contribution in [0.25, 0.3) is 0 Å². The zero-order chi connectivity index (χ0) is 11.4. The SMILES string of the molecule is Cn1ncnc1CNCC1CCCC1CCl. The van der Waals surface area contributed by atoms with Gasteiger partial charge in [0.15, 0.2) is 0 Å². The summed E-state index contributed by atoms with van der Waals surface area (Å²) in [7, 11) is 1.92. The fourth-order valence-electron chi connectivity index (χ4n) is 2.44. The highest BCUT2D eigenvalue weighted by atomic mass is 35.5. The van der Waals surface area contributed by atoms with Crippen LogP contribution in [0.15, 0.2) is 6.33 Å². The summed E-state index contributed by atoms with van der Waals surface area (Å²) in [6.45, 7) is 1.84. The number of hydrogen-bond donors (Lipinski definition) is 1. The molecule has 1 heterocycles. The highest BCUT2D eigenvalue weighted by Crippen LogP contribution is 2.31. The summed E-state index contributed by atoms with van der Waals surface area (Å²) in [5, 5.41) is 7.50. The molecule has 1 aliphatic rings. The smallest absolute Gasteiger partial charge is 0.140 e. The number of nitrogens with one attached hydrogen (secondary N) is 1. The second-order valence-corrected chi connectivity index (χ2v) is 4.84. The lowest BCUT2D eigenvalue weighted by molar-refractivity contribution is 0.392. The Morgan fingerprint density at radius 2 is 2.31 bits per heavy atom. The second kappa shape index (κ2) is 5.64. The number of hydrogen-bond acceptors (Lipinski definition) is 3. The van der Waals surface area contributed by atoms with Crippen molar-refractivity contribution in [1.82, 2.24) is 20.1 Å². The van der Waals surface area contributed by atoms with Crippen molar-refractivity contribution in [3.8, 4) is 0 Å². The second-order valence-electron chi connectivity index (χ2n) is 4.54. The van der Waals surface area contributed by atoms with E-state index in [9.17, 15) is 0 Å². The molecule has 1 aliphatic carbocycles. The molecule has 4 nitrogen and oxygen atoms in total. The molecule has 90 valence electrons. The van der Waals surface area contributed by atoms with E-state index in [1.807, 2.05) is 7.05 Å². The molecule has 1 fully saturated rings. The minimum atomic E-state index is 0.702. The first-order chi connectivity index (χ1) is 7.81. The van der Waals surface area contributed by atoms with Crippen molar-refractivity contribution < 1.29 is 0 Å². The molecule has 0 amide bonds. The van der Waals surface area contributed by atoms with E-state index in [1.54, 1.807) is 11.0 Å². The first-order valence-electron chi connectivity index (χ1n) is 5.91. The fourth-order valence-corrected chi connectivity index (χ4v) is 2.84. The van der Waals surface area contributed by atoms with Gasteiger partial charge in [0, 0.05) is 12.9 Å². The Kier molecular flexibility index (Phi) is 4.18. The van der Waals surface area contributed by atoms with Crippen LogP contribution >= 0.6 is 11.6 Å². The Morgan fingerprint density at radius 1 is 1.50 bits per heavy atom. The summed E-state index contributed by atoms with van der Waals surface area (Å²) in [6.07, 6.45) is 5.52. The molecule has 0 saturated heterocycles. The van der Waals surface area contributed by atoms with E-state index < -0.39 is 0 Å². The van der Waals surface area contributed by atoms with E-state index >= 15 is 0 Å². The van der Waals surface area contributed by atoms with Crippen LogP contribution in [-0.2, 0) is 13.6 Å². The Hall–Kier alpha value is -0.610. The van der Waals surface area contributed by atoms with Gasteiger partial charge in [-0.2, -0.15) is 5.10 Å². The zero-order valence-corrected chi connectivity index (χ0v) is 10.5. The van der Waals surface area contributed by atoms with E-state index in [1.165, 1.54) is 19.3 Å². The first kappa shape index (κ1) is 11.9. The van der Waals surface area contributed by atoms with Crippen molar-refractivity contribution >= 4 is 11.6 Å². The fraction of sp³-hybridized carbons (Fsp3) is 0.818. The Bertz CT molecular complexity index is 326. The van der Waals surface area contributed by atoms with Gasteiger partial charge in [0.05, 0.1) is 6.54 Å². The van der Waals surface area contributed by atoms with Crippen LogP contribution in [0.2, 0.25) is 0 Å². The van der Waals surface area contributed by atoms with Crippen molar-refractivity contribution in [1.29, 1.82) is 0 Å². The van der Waals surface area contributed by atoms with Crippen LogP contribution in [0.1, 0.15) is 25.1 Å². The summed E-state index contributed by atoms with van der Waals surface area (Å²) in [5.74, 6) is 3.23. The lowest BCUT2D eigenvalue weighted by Gasteiger charge is -2.17. The largest absolute Gasteiger partial charge is 0.310 e. The van der Waals surface area contributed by atoms with Gasteiger partial charge in [-0.3, -0.25) is 4.68 Å². The van der Waals surface area contributed by atoms with E-state index in [-0.39, 0.29) is 0 Å². The van der Waals surface area contributed by atoms with Gasteiger partial charge in [-0.1, -0.05) is 6.42 Å². The van der Waals surface area contributed by atoms with Crippen molar-refractivity contribution in [3.05, 3.63) is 12.2 Å². The van der Waals surface area contributed by atoms with Gasteiger partial charge < -0.3 is 5.32 Å². The van der Waals surface area contributed by atoms with Gasteiger partial charge in [-0.25, -0.2) is 4.98 Å². The predicted octanol–water partition coefficient (Wildman–Crippen LogP) is 1.56. The van der Waals surface area contributed by atoms with Gasteiger partial charge in [0.1, 0.15) is 12.2 Å². The number of halogens is 1. The molecule has 2 atom stereocenters. The lowest BCUT2D eigenvalue weighted by Crippen LogP contribution is -2.26. The molecule has 1 saturated carbocycles. The molecule has 5 heteroatoms.